The van der Waals surface area contributed by atoms with E-state index in [-0.39, 0.29) is 16.7 Å². The van der Waals surface area contributed by atoms with Crippen LogP contribution in [0.5, 0.6) is 5.75 Å². The van der Waals surface area contributed by atoms with Crippen LogP contribution in [0, 0.1) is 10.1 Å². The predicted molar refractivity (Wildman–Crippen MR) is 122 cm³/mol. The van der Waals surface area contributed by atoms with Crippen LogP contribution in [0.15, 0.2) is 69.6 Å². The van der Waals surface area contributed by atoms with Crippen molar-refractivity contribution >= 4 is 29.1 Å². The molecule has 0 amide bonds. The lowest BCUT2D eigenvalue weighted by Crippen LogP contribution is -2.39. The fourth-order valence-electron chi connectivity index (χ4n) is 3.67. The van der Waals surface area contributed by atoms with Gasteiger partial charge in [0.15, 0.2) is 10.6 Å². The van der Waals surface area contributed by atoms with Gasteiger partial charge in [-0.15, -0.1) is 0 Å². The first-order chi connectivity index (χ1) is 15.8. The molecule has 0 radical (unpaired) electrons. The number of phenolic OH excluding ortho intramolecular Hbond substituents is 1. The molecule has 3 aromatic rings. The number of benzene rings is 2. The molecular weight excluding hydrogens is 446 g/mol. The summed E-state index contributed by atoms with van der Waals surface area (Å²) in [6.45, 7) is 3.58. The second-order valence-electron chi connectivity index (χ2n) is 7.22. The minimum absolute atomic E-state index is 0.182. The Labute approximate surface area is 191 Å². The molecule has 1 N–H and O–H groups in total. The predicted octanol–water partition coefficient (Wildman–Crippen LogP) is 2.41. The molecule has 1 atom stereocenters. The molecular formula is C23H19N3O6S. The minimum atomic E-state index is -0.724. The van der Waals surface area contributed by atoms with Crippen LogP contribution >= 0.6 is 11.3 Å². The Morgan fingerprint density at radius 3 is 2.70 bits per heavy atom. The van der Waals surface area contributed by atoms with Crippen LogP contribution in [-0.4, -0.2) is 27.2 Å². The summed E-state index contributed by atoms with van der Waals surface area (Å²) >= 11 is 1.11. The standard InChI is InChI=1S/C23H19N3O6S/c1-3-32-22(29)19-13(2)24-23-25(20(19)15-7-5-4-6-8-15)21(28)18(33-23)12-14-9-10-17(27)16(11-14)26(30)31/h4-12,20,27H,3H2,1-2H3/t20-/m1/s1. The average molecular weight is 465 g/mol. The van der Waals surface area contributed by atoms with Crippen LogP contribution in [0.25, 0.3) is 6.08 Å². The summed E-state index contributed by atoms with van der Waals surface area (Å²) in [7, 11) is 0. The number of fused-ring (bicyclic) bond motifs is 1. The number of phenols is 1. The van der Waals surface area contributed by atoms with Crippen molar-refractivity contribution in [2.75, 3.05) is 6.61 Å². The number of aromatic nitrogens is 1. The van der Waals surface area contributed by atoms with Gasteiger partial charge in [-0.25, -0.2) is 9.79 Å². The summed E-state index contributed by atoms with van der Waals surface area (Å²) in [5.74, 6) is -1.01. The largest absolute Gasteiger partial charge is 0.502 e. The van der Waals surface area contributed by atoms with Crippen LogP contribution in [0.4, 0.5) is 5.69 Å². The van der Waals surface area contributed by atoms with Crippen molar-refractivity contribution in [3.05, 3.63) is 101 Å². The third-order valence-corrected chi connectivity index (χ3v) is 6.11. The summed E-state index contributed by atoms with van der Waals surface area (Å²) in [6.07, 6.45) is 1.50. The van der Waals surface area contributed by atoms with E-state index in [0.29, 0.717) is 16.1 Å². The molecule has 168 valence electrons. The highest BCUT2D eigenvalue weighted by molar-refractivity contribution is 7.07. The molecule has 1 aromatic heterocycles. The van der Waals surface area contributed by atoms with E-state index in [2.05, 4.69) is 4.99 Å². The number of aromatic hydroxyl groups is 1. The minimum Gasteiger partial charge on any atom is -0.502 e. The number of carbonyl (C=O) groups excluding carboxylic acids is 1. The number of carbonyl (C=O) groups is 1. The number of hydrogen-bond donors (Lipinski definition) is 1. The van der Waals surface area contributed by atoms with Gasteiger partial charge in [0.25, 0.3) is 5.56 Å². The SMILES string of the molecule is CCOC(=O)C1=C(C)N=c2sc(=Cc3ccc(O)c([N+](=O)[O-])c3)c(=O)n2[C@@H]1c1ccccc1. The van der Waals surface area contributed by atoms with Gasteiger partial charge in [-0.1, -0.05) is 47.7 Å². The van der Waals surface area contributed by atoms with Crippen molar-refractivity contribution in [1.29, 1.82) is 0 Å². The number of allylic oxidation sites excluding steroid dienone is 1. The molecule has 0 saturated carbocycles. The second kappa shape index (κ2) is 8.83. The smallest absolute Gasteiger partial charge is 0.338 e. The first-order valence-corrected chi connectivity index (χ1v) is 10.9. The van der Waals surface area contributed by atoms with Gasteiger partial charge in [0.05, 0.1) is 33.4 Å². The monoisotopic (exact) mass is 465 g/mol. The molecule has 0 spiro atoms. The fourth-order valence-corrected chi connectivity index (χ4v) is 4.72. The van der Waals surface area contributed by atoms with E-state index < -0.39 is 33.9 Å². The molecule has 9 nitrogen and oxygen atoms in total. The van der Waals surface area contributed by atoms with Crippen LogP contribution in [0.3, 0.4) is 0 Å². The first-order valence-electron chi connectivity index (χ1n) is 10.0. The summed E-state index contributed by atoms with van der Waals surface area (Å²) in [5, 5.41) is 20.8. The van der Waals surface area contributed by atoms with E-state index in [1.54, 1.807) is 13.8 Å². The number of ether oxygens (including phenoxy) is 1. The average Bonchev–Trinajstić information content (AvgIpc) is 3.09. The lowest BCUT2D eigenvalue weighted by Gasteiger charge is -2.24. The molecule has 0 fully saturated rings. The molecule has 1 aliphatic rings. The Balaban J connectivity index is 1.94. The Morgan fingerprint density at radius 2 is 2.03 bits per heavy atom. The van der Waals surface area contributed by atoms with Gasteiger partial charge in [-0.3, -0.25) is 19.5 Å². The van der Waals surface area contributed by atoms with Gasteiger partial charge in [0.2, 0.25) is 0 Å². The Morgan fingerprint density at radius 1 is 1.30 bits per heavy atom. The number of nitrogens with zero attached hydrogens (tertiary/aromatic N) is 3. The maximum absolute atomic E-state index is 13.4. The molecule has 2 heterocycles. The van der Waals surface area contributed by atoms with Crippen molar-refractivity contribution in [3.63, 3.8) is 0 Å². The number of thiazole rings is 1. The van der Waals surface area contributed by atoms with E-state index >= 15 is 0 Å². The lowest BCUT2D eigenvalue weighted by molar-refractivity contribution is -0.385. The van der Waals surface area contributed by atoms with Crippen molar-refractivity contribution in [2.45, 2.75) is 19.9 Å². The fraction of sp³-hybridized carbons (Fsp3) is 0.174. The first kappa shape index (κ1) is 22.2. The zero-order chi connectivity index (χ0) is 23.7. The number of rotatable bonds is 5. The number of nitro benzene ring substituents is 1. The highest BCUT2D eigenvalue weighted by Gasteiger charge is 2.33. The van der Waals surface area contributed by atoms with E-state index in [1.807, 2.05) is 30.3 Å². The van der Waals surface area contributed by atoms with Crippen molar-refractivity contribution in [3.8, 4) is 5.75 Å². The van der Waals surface area contributed by atoms with Gasteiger partial charge in [0.1, 0.15) is 0 Å². The van der Waals surface area contributed by atoms with Crippen molar-refractivity contribution in [2.24, 2.45) is 4.99 Å². The molecule has 4 rings (SSSR count). The summed E-state index contributed by atoms with van der Waals surface area (Å²) < 4.78 is 6.97. The van der Waals surface area contributed by atoms with E-state index in [0.717, 1.165) is 16.9 Å². The second-order valence-corrected chi connectivity index (χ2v) is 8.23. The topological polar surface area (TPSA) is 124 Å². The number of hydrogen-bond acceptors (Lipinski definition) is 8. The summed E-state index contributed by atoms with van der Waals surface area (Å²) in [4.78, 5) is 41.6. The van der Waals surface area contributed by atoms with Crippen LogP contribution < -0.4 is 14.9 Å². The molecule has 0 saturated heterocycles. The van der Waals surface area contributed by atoms with E-state index in [1.165, 1.54) is 28.8 Å². The lowest BCUT2D eigenvalue weighted by atomic mass is 9.96. The zero-order valence-electron chi connectivity index (χ0n) is 17.7. The molecule has 0 bridgehead atoms. The van der Waals surface area contributed by atoms with E-state index in [4.69, 9.17) is 4.74 Å². The zero-order valence-corrected chi connectivity index (χ0v) is 18.5. The Bertz CT molecular complexity index is 1470. The van der Waals surface area contributed by atoms with Crippen LogP contribution in [-0.2, 0) is 9.53 Å². The Hall–Kier alpha value is -4.05. The maximum atomic E-state index is 13.4. The number of nitro groups is 1. The molecule has 1 aliphatic heterocycles. The molecule has 0 aliphatic carbocycles. The van der Waals surface area contributed by atoms with Gasteiger partial charge in [0, 0.05) is 6.07 Å². The maximum Gasteiger partial charge on any atom is 0.338 e. The third kappa shape index (κ3) is 4.08. The summed E-state index contributed by atoms with van der Waals surface area (Å²) in [5.41, 5.74) is 0.986. The molecule has 10 heteroatoms. The van der Waals surface area contributed by atoms with Gasteiger partial charge in [-0.2, -0.15) is 0 Å². The highest BCUT2D eigenvalue weighted by atomic mass is 32.1. The van der Waals surface area contributed by atoms with Gasteiger partial charge >= 0.3 is 11.7 Å². The van der Waals surface area contributed by atoms with Gasteiger partial charge < -0.3 is 9.84 Å². The van der Waals surface area contributed by atoms with Crippen LogP contribution in [0.1, 0.15) is 31.0 Å². The van der Waals surface area contributed by atoms with E-state index in [9.17, 15) is 24.8 Å². The van der Waals surface area contributed by atoms with Crippen molar-refractivity contribution in [1.82, 2.24) is 4.57 Å². The molecule has 0 unspecified atom stereocenters. The Kier molecular flexibility index (Phi) is 5.93. The van der Waals surface area contributed by atoms with Crippen LogP contribution in [0.2, 0.25) is 0 Å². The van der Waals surface area contributed by atoms with Gasteiger partial charge in [-0.05, 0) is 37.1 Å². The molecule has 33 heavy (non-hydrogen) atoms. The quantitative estimate of drug-likeness (QED) is 0.351. The highest BCUT2D eigenvalue weighted by Crippen LogP contribution is 2.30. The third-order valence-electron chi connectivity index (χ3n) is 5.13. The molecule has 2 aromatic carbocycles. The summed E-state index contributed by atoms with van der Waals surface area (Å²) in [6, 6.07) is 12.3. The normalized spacial score (nSPS) is 15.7. The van der Waals surface area contributed by atoms with Crippen molar-refractivity contribution < 1.29 is 19.6 Å². The number of esters is 1.